The molecule has 0 N–H and O–H groups in total. The van der Waals surface area contributed by atoms with Gasteiger partial charge in [-0.25, -0.2) is 0 Å². The molecule has 1 nitrogen and oxygen atoms in total. The Labute approximate surface area is 94.3 Å². The lowest BCUT2D eigenvalue weighted by molar-refractivity contribution is -0.120. The minimum Gasteiger partial charge on any atom is -0.299 e. The molecule has 0 amide bonds. The molecular weight excluding hydrogens is 204 g/mol. The molecule has 3 rings (SSSR count). The van der Waals surface area contributed by atoms with Gasteiger partial charge in [0.1, 0.15) is 5.78 Å². The van der Waals surface area contributed by atoms with E-state index in [9.17, 15) is 4.79 Å². The zero-order chi connectivity index (χ0) is 10.3. The summed E-state index contributed by atoms with van der Waals surface area (Å²) < 4.78 is 0. The highest BCUT2D eigenvalue weighted by Crippen LogP contribution is 2.42. The van der Waals surface area contributed by atoms with E-state index in [2.05, 4.69) is 18.2 Å². The first kappa shape index (κ1) is 9.46. The molecule has 0 saturated heterocycles. The van der Waals surface area contributed by atoms with Gasteiger partial charge in [-0.3, -0.25) is 4.79 Å². The Morgan fingerprint density at radius 2 is 2.13 bits per heavy atom. The van der Waals surface area contributed by atoms with E-state index >= 15 is 0 Å². The topological polar surface area (TPSA) is 17.1 Å². The highest BCUT2D eigenvalue weighted by molar-refractivity contribution is 7.99. The number of ketones is 1. The molecule has 78 valence electrons. The van der Waals surface area contributed by atoms with Gasteiger partial charge in [-0.1, -0.05) is 18.2 Å². The first-order valence-electron chi connectivity index (χ1n) is 5.59. The number of carbonyl (C=O) groups is 1. The van der Waals surface area contributed by atoms with Crippen molar-refractivity contribution in [2.24, 2.45) is 5.92 Å². The third-order valence-corrected chi connectivity index (χ3v) is 4.46. The summed E-state index contributed by atoms with van der Waals surface area (Å²) in [5.74, 6) is 2.34. The molecule has 1 aromatic rings. The Morgan fingerprint density at radius 1 is 1.33 bits per heavy atom. The van der Waals surface area contributed by atoms with Crippen LogP contribution in [0.25, 0.3) is 0 Å². The quantitative estimate of drug-likeness (QED) is 0.774. The molecular formula is C13H14OS. The summed E-state index contributed by atoms with van der Waals surface area (Å²) in [4.78, 5) is 13.4. The fourth-order valence-corrected chi connectivity index (χ4v) is 3.44. The Balaban J connectivity index is 1.80. The van der Waals surface area contributed by atoms with Crippen molar-refractivity contribution in [2.45, 2.75) is 30.1 Å². The van der Waals surface area contributed by atoms with E-state index in [0.29, 0.717) is 5.78 Å². The first-order chi connectivity index (χ1) is 7.34. The zero-order valence-electron chi connectivity index (χ0n) is 8.61. The minimum atomic E-state index is 0.187. The van der Waals surface area contributed by atoms with Crippen molar-refractivity contribution < 1.29 is 4.79 Å². The minimum absolute atomic E-state index is 0.187. The molecule has 1 unspecified atom stereocenters. The maximum Gasteiger partial charge on any atom is 0.141 e. The van der Waals surface area contributed by atoms with Crippen LogP contribution in [0.3, 0.4) is 0 Å². The highest BCUT2D eigenvalue weighted by atomic mass is 32.2. The van der Waals surface area contributed by atoms with Gasteiger partial charge in [-0.2, -0.15) is 0 Å². The Morgan fingerprint density at radius 3 is 2.93 bits per heavy atom. The van der Waals surface area contributed by atoms with Crippen molar-refractivity contribution in [3.05, 3.63) is 29.8 Å². The van der Waals surface area contributed by atoms with Gasteiger partial charge in [-0.15, -0.1) is 11.8 Å². The summed E-state index contributed by atoms with van der Waals surface area (Å²) in [5, 5.41) is 0. The predicted molar refractivity (Wildman–Crippen MR) is 62.3 cm³/mol. The van der Waals surface area contributed by atoms with Gasteiger partial charge in [-0.05, 0) is 30.4 Å². The van der Waals surface area contributed by atoms with Crippen LogP contribution in [0.4, 0.5) is 0 Å². The summed E-state index contributed by atoms with van der Waals surface area (Å²) >= 11 is 1.83. The lowest BCUT2D eigenvalue weighted by Gasteiger charge is -2.08. The third-order valence-electron chi connectivity index (χ3n) is 3.28. The maximum absolute atomic E-state index is 12.0. The van der Waals surface area contributed by atoms with E-state index < -0.39 is 0 Å². The lowest BCUT2D eigenvalue weighted by atomic mass is 9.94. The fraction of sp³-hybridized carbons (Fsp3) is 0.462. The fourth-order valence-electron chi connectivity index (χ4n) is 2.18. The van der Waals surface area contributed by atoms with Crippen molar-refractivity contribution in [1.29, 1.82) is 0 Å². The second-order valence-corrected chi connectivity index (χ2v) is 5.58. The molecule has 1 heterocycles. The predicted octanol–water partition coefficient (Wildman–Crippen LogP) is 3.25. The van der Waals surface area contributed by atoms with E-state index in [-0.39, 0.29) is 5.92 Å². The monoisotopic (exact) mass is 218 g/mol. The standard InChI is InChI=1S/C13H14OS/c14-12(7-9-5-6-9)11-8-15-13-4-2-1-3-10(11)13/h1-4,9,11H,5-8H2. The van der Waals surface area contributed by atoms with Crippen LogP contribution in [0.5, 0.6) is 0 Å². The van der Waals surface area contributed by atoms with E-state index in [1.54, 1.807) is 0 Å². The molecule has 2 heteroatoms. The van der Waals surface area contributed by atoms with Crippen molar-refractivity contribution in [1.82, 2.24) is 0 Å². The number of hydrogen-bond acceptors (Lipinski definition) is 2. The molecule has 15 heavy (non-hydrogen) atoms. The SMILES string of the molecule is O=C(CC1CC1)C1CSc2ccccc21. The average molecular weight is 218 g/mol. The highest BCUT2D eigenvalue weighted by Gasteiger charge is 2.32. The normalized spacial score (nSPS) is 23.9. The van der Waals surface area contributed by atoms with Crippen molar-refractivity contribution in [3.63, 3.8) is 0 Å². The van der Waals surface area contributed by atoms with Gasteiger partial charge < -0.3 is 0 Å². The van der Waals surface area contributed by atoms with Crippen LogP contribution in [0.2, 0.25) is 0 Å². The van der Waals surface area contributed by atoms with Gasteiger partial charge in [0.05, 0.1) is 5.92 Å². The number of fused-ring (bicyclic) bond motifs is 1. The van der Waals surface area contributed by atoms with Crippen molar-refractivity contribution >= 4 is 17.5 Å². The van der Waals surface area contributed by atoms with E-state index in [1.807, 2.05) is 17.8 Å². The van der Waals surface area contributed by atoms with Crippen molar-refractivity contribution in [3.8, 4) is 0 Å². The summed E-state index contributed by atoms with van der Waals surface area (Å²) in [7, 11) is 0. The van der Waals surface area contributed by atoms with E-state index in [0.717, 1.165) is 18.1 Å². The van der Waals surface area contributed by atoms with Crippen LogP contribution in [-0.4, -0.2) is 11.5 Å². The largest absolute Gasteiger partial charge is 0.299 e. The molecule has 1 aliphatic heterocycles. The van der Waals surface area contributed by atoms with Gasteiger partial charge in [0.25, 0.3) is 0 Å². The zero-order valence-corrected chi connectivity index (χ0v) is 9.43. The number of thioether (sulfide) groups is 1. The number of hydrogen-bond donors (Lipinski definition) is 0. The molecule has 1 aromatic carbocycles. The third kappa shape index (κ3) is 1.83. The van der Waals surface area contributed by atoms with Crippen molar-refractivity contribution in [2.75, 3.05) is 5.75 Å². The van der Waals surface area contributed by atoms with Crippen LogP contribution in [-0.2, 0) is 4.79 Å². The molecule has 2 aliphatic rings. The summed E-state index contributed by atoms with van der Waals surface area (Å²) in [6.07, 6.45) is 3.36. The first-order valence-corrected chi connectivity index (χ1v) is 6.57. The summed E-state index contributed by atoms with van der Waals surface area (Å²) in [5.41, 5.74) is 1.27. The summed E-state index contributed by atoms with van der Waals surface area (Å²) in [6.45, 7) is 0. The molecule has 0 spiro atoms. The molecule has 1 atom stereocenters. The van der Waals surface area contributed by atoms with E-state index in [1.165, 1.54) is 23.3 Å². The number of Topliss-reactive ketones (excluding diaryl/α,β-unsaturated/α-hetero) is 1. The second kappa shape index (κ2) is 3.67. The smallest absolute Gasteiger partial charge is 0.141 e. The van der Waals surface area contributed by atoms with Gasteiger partial charge in [0.2, 0.25) is 0 Å². The van der Waals surface area contributed by atoms with Crippen LogP contribution >= 0.6 is 11.8 Å². The van der Waals surface area contributed by atoms with E-state index in [4.69, 9.17) is 0 Å². The Bertz CT molecular complexity index is 395. The van der Waals surface area contributed by atoms with Gasteiger partial charge in [0.15, 0.2) is 0 Å². The van der Waals surface area contributed by atoms with Crippen LogP contribution in [0.15, 0.2) is 29.2 Å². The second-order valence-electron chi connectivity index (χ2n) is 4.52. The molecule has 1 fully saturated rings. The van der Waals surface area contributed by atoms with Crippen LogP contribution < -0.4 is 0 Å². The maximum atomic E-state index is 12.0. The molecule has 0 bridgehead atoms. The lowest BCUT2D eigenvalue weighted by Crippen LogP contribution is -2.12. The average Bonchev–Trinajstić information content (AvgIpc) is 2.96. The van der Waals surface area contributed by atoms with Crippen LogP contribution in [0, 0.1) is 5.92 Å². The molecule has 0 radical (unpaired) electrons. The summed E-state index contributed by atoms with van der Waals surface area (Å²) in [6, 6.07) is 8.34. The number of benzene rings is 1. The van der Waals surface area contributed by atoms with Gasteiger partial charge >= 0.3 is 0 Å². The number of carbonyl (C=O) groups excluding carboxylic acids is 1. The molecule has 1 saturated carbocycles. The van der Waals surface area contributed by atoms with Gasteiger partial charge in [0, 0.05) is 17.1 Å². The Hall–Kier alpha value is -0.760. The van der Waals surface area contributed by atoms with Crippen LogP contribution in [0.1, 0.15) is 30.7 Å². The number of rotatable bonds is 3. The molecule has 0 aromatic heterocycles. The molecule has 1 aliphatic carbocycles. The Kier molecular flexibility index (Phi) is 2.32.